The van der Waals surface area contributed by atoms with E-state index in [1.807, 2.05) is 6.07 Å². The molecular weight excluding hydrogens is 322 g/mol. The number of H-pyrrole nitrogens is 1. The van der Waals surface area contributed by atoms with Gasteiger partial charge in [-0.3, -0.25) is 9.59 Å². The number of ether oxygens (including phenoxy) is 1. The number of pyridine rings is 1. The van der Waals surface area contributed by atoms with Gasteiger partial charge in [-0.25, -0.2) is 5.43 Å². The Balaban J connectivity index is 1.81. The molecule has 0 fully saturated rings. The van der Waals surface area contributed by atoms with Gasteiger partial charge in [0.2, 0.25) is 0 Å². The van der Waals surface area contributed by atoms with Gasteiger partial charge in [0.1, 0.15) is 11.5 Å². The van der Waals surface area contributed by atoms with Gasteiger partial charge >= 0.3 is 0 Å². The van der Waals surface area contributed by atoms with Crippen molar-refractivity contribution in [2.75, 3.05) is 7.11 Å². The van der Waals surface area contributed by atoms with Crippen molar-refractivity contribution in [3.05, 3.63) is 70.0 Å². The van der Waals surface area contributed by atoms with Gasteiger partial charge in [-0.05, 0) is 35.7 Å². The summed E-state index contributed by atoms with van der Waals surface area (Å²) in [6, 6.07) is 13.1. The fraction of sp³-hybridized carbons (Fsp3) is 0.0556. The molecule has 2 aromatic carbocycles. The molecule has 0 aliphatic rings. The van der Waals surface area contributed by atoms with Crippen molar-refractivity contribution in [1.29, 1.82) is 0 Å². The van der Waals surface area contributed by atoms with Gasteiger partial charge in [0.25, 0.3) is 11.5 Å². The summed E-state index contributed by atoms with van der Waals surface area (Å²) in [4.78, 5) is 26.8. The van der Waals surface area contributed by atoms with Crippen molar-refractivity contribution in [3.63, 3.8) is 0 Å². The van der Waals surface area contributed by atoms with E-state index in [2.05, 4.69) is 15.5 Å². The number of carbonyl (C=O) groups excluding carboxylic acids is 1. The summed E-state index contributed by atoms with van der Waals surface area (Å²) in [6.07, 6.45) is 1.25. The molecule has 0 bridgehead atoms. The Labute approximate surface area is 142 Å². The highest BCUT2D eigenvalue weighted by Crippen LogP contribution is 2.18. The van der Waals surface area contributed by atoms with E-state index in [1.165, 1.54) is 18.3 Å². The number of hydrogen-bond acceptors (Lipinski definition) is 5. The topological polar surface area (TPSA) is 104 Å². The summed E-state index contributed by atoms with van der Waals surface area (Å²) in [5.74, 6) is -0.0801. The third-order valence-electron chi connectivity index (χ3n) is 3.60. The maximum absolute atomic E-state index is 12.1. The van der Waals surface area contributed by atoms with E-state index in [-0.39, 0.29) is 22.4 Å². The number of fused-ring (bicyclic) bond motifs is 1. The lowest BCUT2D eigenvalue weighted by Crippen LogP contribution is -2.19. The molecular formula is C18H15N3O4. The fourth-order valence-electron chi connectivity index (χ4n) is 2.31. The van der Waals surface area contributed by atoms with Crippen LogP contribution in [0.15, 0.2) is 58.4 Å². The number of nitrogens with zero attached hydrogens (tertiary/aromatic N) is 1. The molecule has 1 heterocycles. The van der Waals surface area contributed by atoms with Crippen molar-refractivity contribution in [2.45, 2.75) is 0 Å². The summed E-state index contributed by atoms with van der Waals surface area (Å²) >= 11 is 0. The highest BCUT2D eigenvalue weighted by Gasteiger charge is 2.09. The highest BCUT2D eigenvalue weighted by atomic mass is 16.5. The van der Waals surface area contributed by atoms with Crippen molar-refractivity contribution >= 4 is 23.0 Å². The zero-order valence-electron chi connectivity index (χ0n) is 13.3. The summed E-state index contributed by atoms with van der Waals surface area (Å²) in [6.45, 7) is 0. The molecule has 0 unspecified atom stereocenters. The molecule has 3 N–H and O–H groups in total. The molecule has 0 saturated heterocycles. The second-order valence-corrected chi connectivity index (χ2v) is 5.22. The molecule has 0 radical (unpaired) electrons. The minimum absolute atomic E-state index is 0.0964. The zero-order valence-corrected chi connectivity index (χ0v) is 13.3. The number of hydrogen-bond donors (Lipinski definition) is 3. The Morgan fingerprint density at radius 3 is 2.80 bits per heavy atom. The maximum Gasteiger partial charge on any atom is 0.275 e. The summed E-state index contributed by atoms with van der Waals surface area (Å²) in [7, 11) is 1.55. The number of phenolic OH excluding ortho intramolecular Hbond substituents is 1. The summed E-state index contributed by atoms with van der Waals surface area (Å²) in [5, 5.41) is 14.2. The second kappa shape index (κ2) is 6.88. The lowest BCUT2D eigenvalue weighted by molar-refractivity contribution is 0.0952. The predicted octanol–water partition coefficient (Wildman–Crippen LogP) is 2.01. The first-order chi connectivity index (χ1) is 12.1. The van der Waals surface area contributed by atoms with E-state index < -0.39 is 5.91 Å². The normalized spacial score (nSPS) is 10.9. The van der Waals surface area contributed by atoms with Gasteiger partial charge in [0.05, 0.1) is 30.0 Å². The Bertz CT molecular complexity index is 1020. The van der Waals surface area contributed by atoms with E-state index in [4.69, 9.17) is 4.74 Å². The number of aromatic hydroxyl groups is 1. The van der Waals surface area contributed by atoms with Gasteiger partial charge in [-0.2, -0.15) is 5.10 Å². The SMILES string of the molecule is COc1ccc2cc(C=NNC(=O)c3ccccc3O)c(=O)[nH]c2c1. The van der Waals surface area contributed by atoms with Crippen LogP contribution in [0.2, 0.25) is 0 Å². The van der Waals surface area contributed by atoms with Gasteiger partial charge in [0, 0.05) is 6.07 Å². The van der Waals surface area contributed by atoms with Crippen LogP contribution >= 0.6 is 0 Å². The van der Waals surface area contributed by atoms with E-state index in [0.717, 1.165) is 5.39 Å². The van der Waals surface area contributed by atoms with Crippen LogP contribution in [-0.2, 0) is 0 Å². The first kappa shape index (κ1) is 16.3. The Hall–Kier alpha value is -3.61. The molecule has 7 nitrogen and oxygen atoms in total. The molecule has 3 aromatic rings. The molecule has 0 aliphatic carbocycles. The predicted molar refractivity (Wildman–Crippen MR) is 94.3 cm³/mol. The third kappa shape index (κ3) is 3.50. The number of rotatable bonds is 4. The number of amides is 1. The van der Waals surface area contributed by atoms with E-state index in [1.54, 1.807) is 37.4 Å². The van der Waals surface area contributed by atoms with Crippen molar-refractivity contribution < 1.29 is 14.6 Å². The van der Waals surface area contributed by atoms with Gasteiger partial charge in [-0.1, -0.05) is 12.1 Å². The third-order valence-corrected chi connectivity index (χ3v) is 3.60. The largest absolute Gasteiger partial charge is 0.507 e. The lowest BCUT2D eigenvalue weighted by atomic mass is 10.1. The van der Waals surface area contributed by atoms with E-state index in [9.17, 15) is 14.7 Å². The van der Waals surface area contributed by atoms with Crippen LogP contribution in [0, 0.1) is 0 Å². The van der Waals surface area contributed by atoms with Crippen molar-refractivity contribution in [3.8, 4) is 11.5 Å². The number of nitrogens with one attached hydrogen (secondary N) is 2. The molecule has 25 heavy (non-hydrogen) atoms. The average Bonchev–Trinajstić information content (AvgIpc) is 2.62. The second-order valence-electron chi connectivity index (χ2n) is 5.22. The van der Waals surface area contributed by atoms with Crippen LogP contribution in [-0.4, -0.2) is 29.3 Å². The number of aromatic amines is 1. The van der Waals surface area contributed by atoms with Crippen LogP contribution in [0.25, 0.3) is 10.9 Å². The number of para-hydroxylation sites is 1. The smallest absolute Gasteiger partial charge is 0.275 e. The molecule has 0 aliphatic heterocycles. The molecule has 1 amide bonds. The Kier molecular flexibility index (Phi) is 4.47. The van der Waals surface area contributed by atoms with Gasteiger partial charge < -0.3 is 14.8 Å². The Morgan fingerprint density at radius 2 is 2.04 bits per heavy atom. The zero-order chi connectivity index (χ0) is 17.8. The number of methoxy groups -OCH3 is 1. The molecule has 1 aromatic heterocycles. The van der Waals surface area contributed by atoms with Crippen LogP contribution in [0.3, 0.4) is 0 Å². The first-order valence-corrected chi connectivity index (χ1v) is 7.41. The number of hydrazone groups is 1. The molecule has 0 spiro atoms. The molecule has 7 heteroatoms. The average molecular weight is 337 g/mol. The number of phenols is 1. The maximum atomic E-state index is 12.1. The van der Waals surface area contributed by atoms with E-state index >= 15 is 0 Å². The van der Waals surface area contributed by atoms with Crippen LogP contribution in [0.5, 0.6) is 11.5 Å². The molecule has 126 valence electrons. The van der Waals surface area contributed by atoms with Gasteiger partial charge in [-0.15, -0.1) is 0 Å². The van der Waals surface area contributed by atoms with Gasteiger partial charge in [0.15, 0.2) is 0 Å². The van der Waals surface area contributed by atoms with Crippen LogP contribution in [0.4, 0.5) is 0 Å². The lowest BCUT2D eigenvalue weighted by Gasteiger charge is -2.04. The number of aromatic nitrogens is 1. The first-order valence-electron chi connectivity index (χ1n) is 7.41. The van der Waals surface area contributed by atoms with Crippen LogP contribution < -0.4 is 15.7 Å². The molecule has 0 atom stereocenters. The van der Waals surface area contributed by atoms with Crippen molar-refractivity contribution in [2.24, 2.45) is 5.10 Å². The summed E-state index contributed by atoms with van der Waals surface area (Å²) in [5.41, 5.74) is 2.96. The standard InChI is InChI=1S/C18H15N3O4/c1-25-13-7-6-11-8-12(17(23)20-15(11)9-13)10-19-21-18(24)14-4-2-3-5-16(14)22/h2-10,22H,1H3,(H,20,23)(H,21,24). The fourth-order valence-corrected chi connectivity index (χ4v) is 2.31. The van der Waals surface area contributed by atoms with Crippen LogP contribution in [0.1, 0.15) is 15.9 Å². The number of carbonyl (C=O) groups is 1. The number of benzene rings is 2. The Morgan fingerprint density at radius 1 is 1.24 bits per heavy atom. The van der Waals surface area contributed by atoms with Crippen molar-refractivity contribution in [1.82, 2.24) is 10.4 Å². The highest BCUT2D eigenvalue weighted by molar-refractivity contribution is 5.97. The minimum Gasteiger partial charge on any atom is -0.507 e. The van der Waals surface area contributed by atoms with E-state index in [0.29, 0.717) is 11.3 Å². The quantitative estimate of drug-likeness (QED) is 0.500. The minimum atomic E-state index is -0.573. The molecule has 0 saturated carbocycles. The summed E-state index contributed by atoms with van der Waals surface area (Å²) < 4.78 is 5.12. The monoisotopic (exact) mass is 337 g/mol. The molecule has 3 rings (SSSR count).